The molecule has 1 aliphatic heterocycles. The van der Waals surface area contributed by atoms with E-state index in [9.17, 15) is 4.79 Å². The largest absolute Gasteiger partial charge is 0.381 e. The van der Waals surface area contributed by atoms with Crippen LogP contribution in [-0.2, 0) is 11.2 Å². The van der Waals surface area contributed by atoms with Gasteiger partial charge in [0.2, 0.25) is 0 Å². The number of nitrogens with zero attached hydrogens (tertiary/aromatic N) is 1. The molecule has 92 valence electrons. The second-order valence-corrected chi connectivity index (χ2v) is 4.27. The molecule has 1 N–H and O–H groups in total. The van der Waals surface area contributed by atoms with Crippen molar-refractivity contribution in [3.63, 3.8) is 0 Å². The Kier molecular flexibility index (Phi) is 4.09. The van der Waals surface area contributed by atoms with Gasteiger partial charge in [-0.15, -0.1) is 0 Å². The van der Waals surface area contributed by atoms with Gasteiger partial charge in [0, 0.05) is 25.5 Å². The molecule has 1 fully saturated rings. The van der Waals surface area contributed by atoms with Crippen molar-refractivity contribution in [1.82, 2.24) is 10.3 Å². The van der Waals surface area contributed by atoms with Crippen LogP contribution < -0.4 is 5.32 Å². The van der Waals surface area contributed by atoms with Crippen molar-refractivity contribution in [1.29, 1.82) is 0 Å². The molecule has 1 saturated heterocycles. The molecule has 1 aliphatic rings. The number of pyridine rings is 1. The van der Waals surface area contributed by atoms with Crippen LogP contribution in [0.25, 0.3) is 0 Å². The van der Waals surface area contributed by atoms with Crippen molar-refractivity contribution < 1.29 is 9.53 Å². The normalized spacial score (nSPS) is 16.8. The average molecular weight is 234 g/mol. The van der Waals surface area contributed by atoms with E-state index in [1.165, 1.54) is 0 Å². The number of nitrogens with one attached hydrogen (secondary N) is 1. The second kappa shape index (κ2) is 5.77. The Morgan fingerprint density at radius 1 is 1.47 bits per heavy atom. The number of carbonyl (C=O) groups excluding carboxylic acids is 1. The van der Waals surface area contributed by atoms with Gasteiger partial charge in [-0.25, -0.2) is 0 Å². The summed E-state index contributed by atoms with van der Waals surface area (Å²) in [5.74, 6) is -0.0837. The van der Waals surface area contributed by atoms with Crippen LogP contribution in [-0.4, -0.2) is 30.1 Å². The van der Waals surface area contributed by atoms with Crippen molar-refractivity contribution in [2.45, 2.75) is 32.2 Å². The van der Waals surface area contributed by atoms with Gasteiger partial charge in [-0.05, 0) is 30.9 Å². The average Bonchev–Trinajstić information content (AvgIpc) is 2.40. The molecular formula is C13H18N2O2. The van der Waals surface area contributed by atoms with Gasteiger partial charge < -0.3 is 10.1 Å². The Hall–Kier alpha value is -1.42. The second-order valence-electron chi connectivity index (χ2n) is 4.27. The molecule has 17 heavy (non-hydrogen) atoms. The fourth-order valence-electron chi connectivity index (χ4n) is 1.87. The highest BCUT2D eigenvalue weighted by Gasteiger charge is 2.17. The van der Waals surface area contributed by atoms with E-state index in [0.717, 1.165) is 38.0 Å². The number of carbonyl (C=O) groups is 1. The van der Waals surface area contributed by atoms with Crippen molar-refractivity contribution in [2.75, 3.05) is 13.2 Å². The SMILES string of the molecule is CCc1ccc(C(=O)NC2CCOCC2)nc1. The molecule has 4 nitrogen and oxygen atoms in total. The summed E-state index contributed by atoms with van der Waals surface area (Å²) in [5.41, 5.74) is 1.64. The van der Waals surface area contributed by atoms with Gasteiger partial charge in [-0.1, -0.05) is 13.0 Å². The quantitative estimate of drug-likeness (QED) is 0.863. The van der Waals surface area contributed by atoms with Gasteiger partial charge in [-0.3, -0.25) is 9.78 Å². The Bertz CT molecular complexity index is 370. The number of rotatable bonds is 3. The standard InChI is InChI=1S/C13H18N2O2/c1-2-10-3-4-12(14-9-10)13(16)15-11-5-7-17-8-6-11/h3-4,9,11H,2,5-8H2,1H3,(H,15,16). The van der Waals surface area contributed by atoms with Crippen molar-refractivity contribution >= 4 is 5.91 Å². The summed E-state index contributed by atoms with van der Waals surface area (Å²) >= 11 is 0. The Balaban J connectivity index is 1.93. The van der Waals surface area contributed by atoms with Crippen LogP contribution in [0.4, 0.5) is 0 Å². The van der Waals surface area contributed by atoms with E-state index in [1.807, 2.05) is 6.07 Å². The van der Waals surface area contributed by atoms with Crippen LogP contribution in [0.15, 0.2) is 18.3 Å². The van der Waals surface area contributed by atoms with Gasteiger partial charge in [0.15, 0.2) is 0 Å². The highest BCUT2D eigenvalue weighted by Crippen LogP contribution is 2.07. The first kappa shape index (κ1) is 12.0. The van der Waals surface area contributed by atoms with E-state index < -0.39 is 0 Å². The molecule has 0 atom stereocenters. The molecule has 0 saturated carbocycles. The van der Waals surface area contributed by atoms with Gasteiger partial charge in [0.1, 0.15) is 5.69 Å². The summed E-state index contributed by atoms with van der Waals surface area (Å²) in [4.78, 5) is 16.1. The molecule has 1 aromatic rings. The van der Waals surface area contributed by atoms with E-state index in [2.05, 4.69) is 17.2 Å². The molecule has 0 bridgehead atoms. The monoisotopic (exact) mass is 234 g/mol. The number of ether oxygens (including phenoxy) is 1. The first-order chi connectivity index (χ1) is 8.29. The molecule has 0 radical (unpaired) electrons. The molecule has 2 rings (SSSR count). The highest BCUT2D eigenvalue weighted by atomic mass is 16.5. The van der Waals surface area contributed by atoms with Crippen LogP contribution in [0.2, 0.25) is 0 Å². The summed E-state index contributed by atoms with van der Waals surface area (Å²) < 4.78 is 5.25. The number of hydrogen-bond acceptors (Lipinski definition) is 3. The number of aryl methyl sites for hydroxylation is 1. The first-order valence-corrected chi connectivity index (χ1v) is 6.13. The van der Waals surface area contributed by atoms with Gasteiger partial charge in [0.25, 0.3) is 5.91 Å². The molecule has 1 amide bonds. The number of hydrogen-bond donors (Lipinski definition) is 1. The van der Waals surface area contributed by atoms with E-state index in [0.29, 0.717) is 5.69 Å². The maximum absolute atomic E-state index is 11.9. The summed E-state index contributed by atoms with van der Waals surface area (Å²) in [6.45, 7) is 3.53. The number of aromatic nitrogens is 1. The van der Waals surface area contributed by atoms with Crippen molar-refractivity contribution in [3.8, 4) is 0 Å². The third kappa shape index (κ3) is 3.27. The minimum atomic E-state index is -0.0837. The van der Waals surface area contributed by atoms with Crippen molar-refractivity contribution in [3.05, 3.63) is 29.6 Å². The van der Waals surface area contributed by atoms with Gasteiger partial charge in [-0.2, -0.15) is 0 Å². The van der Waals surface area contributed by atoms with Crippen LogP contribution in [0.3, 0.4) is 0 Å². The molecule has 0 aromatic carbocycles. The minimum absolute atomic E-state index is 0.0837. The Morgan fingerprint density at radius 3 is 2.82 bits per heavy atom. The van der Waals surface area contributed by atoms with Crippen LogP contribution in [0.5, 0.6) is 0 Å². The maximum atomic E-state index is 11.9. The zero-order valence-electron chi connectivity index (χ0n) is 10.1. The molecule has 2 heterocycles. The lowest BCUT2D eigenvalue weighted by molar-refractivity contribution is 0.0694. The fourth-order valence-corrected chi connectivity index (χ4v) is 1.87. The molecule has 0 spiro atoms. The molecule has 1 aromatic heterocycles. The Morgan fingerprint density at radius 2 is 2.24 bits per heavy atom. The van der Waals surface area contributed by atoms with Crippen LogP contribution >= 0.6 is 0 Å². The Labute approximate surface area is 101 Å². The third-order valence-electron chi connectivity index (χ3n) is 3.02. The van der Waals surface area contributed by atoms with E-state index in [4.69, 9.17) is 4.74 Å². The maximum Gasteiger partial charge on any atom is 0.270 e. The molecule has 0 unspecified atom stereocenters. The third-order valence-corrected chi connectivity index (χ3v) is 3.02. The van der Waals surface area contributed by atoms with E-state index >= 15 is 0 Å². The van der Waals surface area contributed by atoms with Gasteiger partial charge >= 0.3 is 0 Å². The van der Waals surface area contributed by atoms with E-state index in [1.54, 1.807) is 12.3 Å². The zero-order valence-corrected chi connectivity index (χ0v) is 10.1. The van der Waals surface area contributed by atoms with Crippen LogP contribution in [0.1, 0.15) is 35.8 Å². The predicted octanol–water partition coefficient (Wildman–Crippen LogP) is 1.55. The lowest BCUT2D eigenvalue weighted by atomic mass is 10.1. The molecule has 4 heteroatoms. The minimum Gasteiger partial charge on any atom is -0.381 e. The van der Waals surface area contributed by atoms with Crippen LogP contribution in [0, 0.1) is 0 Å². The predicted molar refractivity (Wildman–Crippen MR) is 64.9 cm³/mol. The van der Waals surface area contributed by atoms with E-state index in [-0.39, 0.29) is 11.9 Å². The smallest absolute Gasteiger partial charge is 0.270 e. The molecule has 0 aliphatic carbocycles. The first-order valence-electron chi connectivity index (χ1n) is 6.13. The fraction of sp³-hybridized carbons (Fsp3) is 0.538. The summed E-state index contributed by atoms with van der Waals surface area (Å²) in [7, 11) is 0. The summed E-state index contributed by atoms with van der Waals surface area (Å²) in [5, 5.41) is 2.99. The summed E-state index contributed by atoms with van der Waals surface area (Å²) in [6, 6.07) is 3.96. The number of amides is 1. The highest BCUT2D eigenvalue weighted by molar-refractivity contribution is 5.92. The van der Waals surface area contributed by atoms with Gasteiger partial charge in [0.05, 0.1) is 0 Å². The topological polar surface area (TPSA) is 51.2 Å². The molecular weight excluding hydrogens is 216 g/mol. The lowest BCUT2D eigenvalue weighted by Gasteiger charge is -2.22. The van der Waals surface area contributed by atoms with Crippen molar-refractivity contribution in [2.24, 2.45) is 0 Å². The lowest BCUT2D eigenvalue weighted by Crippen LogP contribution is -2.39. The summed E-state index contributed by atoms with van der Waals surface area (Å²) in [6.07, 6.45) is 4.48. The zero-order chi connectivity index (χ0) is 12.1.